The number of likely N-dealkylation sites (N-methyl/N-ethyl adjacent to an activating group) is 1. The monoisotopic (exact) mass is 336 g/mol. The van der Waals surface area contributed by atoms with Gasteiger partial charge in [0.2, 0.25) is 0 Å². The predicted octanol–water partition coefficient (Wildman–Crippen LogP) is 3.20. The van der Waals surface area contributed by atoms with E-state index in [9.17, 15) is 0 Å². The number of nitrogens with one attached hydrogen (secondary N) is 1. The first-order valence-corrected chi connectivity index (χ1v) is 9.01. The average Bonchev–Trinajstić information content (AvgIpc) is 2.67. The van der Waals surface area contributed by atoms with Crippen molar-refractivity contribution in [1.82, 2.24) is 15.2 Å². The summed E-state index contributed by atoms with van der Waals surface area (Å²) >= 11 is 0. The normalized spacial score (nSPS) is 16.5. The van der Waals surface area contributed by atoms with Gasteiger partial charge in [-0.1, -0.05) is 43.8 Å². The van der Waals surface area contributed by atoms with E-state index >= 15 is 0 Å². The summed E-state index contributed by atoms with van der Waals surface area (Å²) in [5, 5.41) is 3.45. The van der Waals surface area contributed by atoms with Gasteiger partial charge in [-0.2, -0.15) is 0 Å². The Morgan fingerprint density at radius 1 is 1.12 bits per heavy atom. The molecule has 0 radical (unpaired) electrons. The summed E-state index contributed by atoms with van der Waals surface area (Å²) in [4.78, 5) is 9.34. The maximum Gasteiger partial charge on any atom is 0.128 e. The van der Waals surface area contributed by atoms with Gasteiger partial charge in [-0.25, -0.2) is 4.98 Å². The number of nitrogens with zero attached hydrogens (tertiary/aromatic N) is 3. The van der Waals surface area contributed by atoms with E-state index < -0.39 is 0 Å². The van der Waals surface area contributed by atoms with Gasteiger partial charge in [0.05, 0.1) is 0 Å². The van der Waals surface area contributed by atoms with Gasteiger partial charge >= 0.3 is 0 Å². The Balaban J connectivity index is 1.54. The molecule has 0 amide bonds. The first kappa shape index (κ1) is 17.5. The second kappa shape index (κ2) is 8.17. The van der Waals surface area contributed by atoms with Crippen molar-refractivity contribution in [3.05, 3.63) is 66.4 Å². The van der Waals surface area contributed by atoms with E-state index in [1.165, 1.54) is 5.56 Å². The lowest BCUT2D eigenvalue weighted by atomic mass is 10.0. The molecule has 1 aromatic carbocycles. The average molecular weight is 336 g/mol. The second-order valence-electron chi connectivity index (χ2n) is 6.87. The molecule has 1 atom stereocenters. The van der Waals surface area contributed by atoms with Crippen molar-refractivity contribution in [2.24, 2.45) is 0 Å². The highest BCUT2D eigenvalue weighted by molar-refractivity contribution is 5.62. The minimum absolute atomic E-state index is 0.440. The summed E-state index contributed by atoms with van der Waals surface area (Å²) in [6, 6.07) is 14.8. The number of aromatic nitrogens is 1. The predicted molar refractivity (Wildman–Crippen MR) is 106 cm³/mol. The summed E-state index contributed by atoms with van der Waals surface area (Å²) in [5.74, 6) is 1.50. The number of anilines is 1. The highest BCUT2D eigenvalue weighted by atomic mass is 15.3. The van der Waals surface area contributed by atoms with Gasteiger partial charge < -0.3 is 15.1 Å². The lowest BCUT2D eigenvalue weighted by molar-refractivity contribution is 0.312. The minimum atomic E-state index is 0.440. The fourth-order valence-electron chi connectivity index (χ4n) is 3.06. The number of rotatable bonds is 6. The smallest absolute Gasteiger partial charge is 0.128 e. The van der Waals surface area contributed by atoms with Crippen molar-refractivity contribution in [1.29, 1.82) is 0 Å². The zero-order valence-electron chi connectivity index (χ0n) is 15.3. The molecule has 0 saturated carbocycles. The van der Waals surface area contributed by atoms with Crippen LogP contribution in [0.2, 0.25) is 0 Å². The summed E-state index contributed by atoms with van der Waals surface area (Å²) in [6.45, 7) is 11.5. The summed E-state index contributed by atoms with van der Waals surface area (Å²) in [5.41, 5.74) is 3.32. The maximum absolute atomic E-state index is 4.64. The molecule has 25 heavy (non-hydrogen) atoms. The molecule has 2 heterocycles. The molecule has 1 fully saturated rings. The summed E-state index contributed by atoms with van der Waals surface area (Å²) in [7, 11) is 2.17. The molecule has 0 bridgehead atoms. The Morgan fingerprint density at radius 3 is 2.48 bits per heavy atom. The molecule has 132 valence electrons. The van der Waals surface area contributed by atoms with Crippen molar-refractivity contribution >= 4 is 11.5 Å². The summed E-state index contributed by atoms with van der Waals surface area (Å²) < 4.78 is 0. The molecule has 0 spiro atoms. The van der Waals surface area contributed by atoms with Crippen molar-refractivity contribution in [2.75, 3.05) is 44.7 Å². The number of benzene rings is 1. The Morgan fingerprint density at radius 2 is 1.84 bits per heavy atom. The van der Waals surface area contributed by atoms with E-state index in [1.54, 1.807) is 0 Å². The van der Waals surface area contributed by atoms with Crippen LogP contribution < -0.4 is 10.2 Å². The molecule has 4 heteroatoms. The van der Waals surface area contributed by atoms with Crippen molar-refractivity contribution < 1.29 is 0 Å². The molecule has 1 aliphatic rings. The van der Waals surface area contributed by atoms with E-state index in [0.29, 0.717) is 5.92 Å². The van der Waals surface area contributed by atoms with Crippen LogP contribution in [0.15, 0.2) is 55.2 Å². The molecular weight excluding hydrogens is 308 g/mol. The minimum Gasteiger partial charge on any atom is -0.384 e. The zero-order valence-corrected chi connectivity index (χ0v) is 15.3. The van der Waals surface area contributed by atoms with Crippen LogP contribution in [0.4, 0.5) is 5.82 Å². The third kappa shape index (κ3) is 4.60. The van der Waals surface area contributed by atoms with E-state index in [-0.39, 0.29) is 0 Å². The third-order valence-corrected chi connectivity index (χ3v) is 4.91. The van der Waals surface area contributed by atoms with E-state index in [0.717, 1.165) is 49.8 Å². The molecule has 3 rings (SSSR count). The fourth-order valence-corrected chi connectivity index (χ4v) is 3.06. The molecular formula is C21H28N4. The molecule has 1 unspecified atom stereocenters. The lowest BCUT2D eigenvalue weighted by Crippen LogP contribution is -2.44. The quantitative estimate of drug-likeness (QED) is 0.878. The first-order chi connectivity index (χ1) is 12.1. The van der Waals surface area contributed by atoms with Gasteiger partial charge in [-0.3, -0.25) is 0 Å². The highest BCUT2D eigenvalue weighted by Crippen LogP contribution is 2.18. The number of hydrogen-bond acceptors (Lipinski definition) is 4. The van der Waals surface area contributed by atoms with Crippen LogP contribution in [0.25, 0.3) is 5.70 Å². The van der Waals surface area contributed by atoms with Crippen molar-refractivity contribution in [3.63, 3.8) is 0 Å². The Kier molecular flexibility index (Phi) is 5.71. The fraction of sp³-hybridized carbons (Fsp3) is 0.381. The molecule has 1 aromatic heterocycles. The standard InChI is InChI=1S/C21H28N4/c1-17(19-7-5-4-6-8-19)15-22-18(2)20-9-10-21(23-16-20)25-13-11-24(3)12-14-25/h4-10,16-17,22H,2,11-15H2,1,3H3. The van der Waals surface area contributed by atoms with Crippen molar-refractivity contribution in [2.45, 2.75) is 12.8 Å². The molecule has 1 N–H and O–H groups in total. The molecule has 2 aromatic rings. The molecule has 1 saturated heterocycles. The Labute approximate surface area is 151 Å². The molecule has 0 aliphatic carbocycles. The van der Waals surface area contributed by atoms with Crippen LogP contribution in [0.1, 0.15) is 24.0 Å². The number of pyridine rings is 1. The van der Waals surface area contributed by atoms with Gasteiger partial charge in [-0.05, 0) is 30.7 Å². The largest absolute Gasteiger partial charge is 0.384 e. The van der Waals surface area contributed by atoms with E-state index in [4.69, 9.17) is 0 Å². The SMILES string of the molecule is C=C(NCC(C)c1ccccc1)c1ccc(N2CCN(C)CC2)nc1. The molecule has 4 nitrogen and oxygen atoms in total. The van der Waals surface area contributed by atoms with Gasteiger partial charge in [0, 0.05) is 50.2 Å². The lowest BCUT2D eigenvalue weighted by Gasteiger charge is -2.33. The maximum atomic E-state index is 4.64. The van der Waals surface area contributed by atoms with Crippen LogP contribution in [0.5, 0.6) is 0 Å². The number of piperazine rings is 1. The van der Waals surface area contributed by atoms with Crippen molar-refractivity contribution in [3.8, 4) is 0 Å². The van der Waals surface area contributed by atoms with E-state index in [1.807, 2.05) is 6.20 Å². The van der Waals surface area contributed by atoms with Gasteiger partial charge in [0.25, 0.3) is 0 Å². The zero-order chi connectivity index (χ0) is 17.6. The van der Waals surface area contributed by atoms with Crippen LogP contribution in [-0.2, 0) is 0 Å². The van der Waals surface area contributed by atoms with Crippen LogP contribution in [0.3, 0.4) is 0 Å². The van der Waals surface area contributed by atoms with Crippen LogP contribution in [0, 0.1) is 0 Å². The summed E-state index contributed by atoms with van der Waals surface area (Å²) in [6.07, 6.45) is 1.93. The Bertz CT molecular complexity index is 673. The highest BCUT2D eigenvalue weighted by Gasteiger charge is 2.15. The second-order valence-corrected chi connectivity index (χ2v) is 6.87. The molecule has 1 aliphatic heterocycles. The van der Waals surface area contributed by atoms with Crippen LogP contribution >= 0.6 is 0 Å². The Hall–Kier alpha value is -2.33. The first-order valence-electron chi connectivity index (χ1n) is 9.01. The van der Waals surface area contributed by atoms with Gasteiger partial charge in [-0.15, -0.1) is 0 Å². The van der Waals surface area contributed by atoms with Gasteiger partial charge in [0.15, 0.2) is 0 Å². The number of hydrogen-bond donors (Lipinski definition) is 1. The van der Waals surface area contributed by atoms with E-state index in [2.05, 4.69) is 83.1 Å². The third-order valence-electron chi connectivity index (χ3n) is 4.91. The topological polar surface area (TPSA) is 31.4 Å². The van der Waals surface area contributed by atoms with Crippen LogP contribution in [-0.4, -0.2) is 49.7 Å². The van der Waals surface area contributed by atoms with Gasteiger partial charge in [0.1, 0.15) is 5.82 Å².